The normalized spacial score (nSPS) is 11.7. The maximum absolute atomic E-state index is 9.79. The lowest BCUT2D eigenvalue weighted by Crippen LogP contribution is -2.09. The van der Waals surface area contributed by atoms with Crippen molar-refractivity contribution in [3.8, 4) is 6.07 Å². The van der Waals surface area contributed by atoms with Gasteiger partial charge in [0.1, 0.15) is 0 Å². The largest absolute Gasteiger partial charge is 0.388 e. The van der Waals surface area contributed by atoms with E-state index in [1.165, 1.54) is 0 Å². The van der Waals surface area contributed by atoms with Crippen molar-refractivity contribution < 1.29 is 5.11 Å². The van der Waals surface area contributed by atoms with Crippen molar-refractivity contribution in [2.75, 3.05) is 11.9 Å². The van der Waals surface area contributed by atoms with Crippen LogP contribution in [0.3, 0.4) is 0 Å². The highest BCUT2D eigenvalue weighted by molar-refractivity contribution is 5.64. The predicted octanol–water partition coefficient (Wildman–Crippen LogP) is 3.77. The molecule has 0 radical (unpaired) electrons. The quantitative estimate of drug-likeness (QED) is 0.916. The van der Waals surface area contributed by atoms with Gasteiger partial charge in [-0.2, -0.15) is 5.26 Å². The van der Waals surface area contributed by atoms with Gasteiger partial charge in [-0.25, -0.2) is 0 Å². The molecule has 0 saturated carbocycles. The highest BCUT2D eigenvalue weighted by atomic mass is 16.3. The number of hydrogen-bond acceptors (Lipinski definition) is 3. The first-order chi connectivity index (χ1) is 9.65. The van der Waals surface area contributed by atoms with Gasteiger partial charge in [-0.15, -0.1) is 0 Å². The van der Waals surface area contributed by atoms with Crippen LogP contribution in [0.15, 0.2) is 48.5 Å². The fraction of sp³-hybridized carbons (Fsp3) is 0.235. The predicted molar refractivity (Wildman–Crippen MR) is 80.9 cm³/mol. The van der Waals surface area contributed by atoms with Gasteiger partial charge >= 0.3 is 0 Å². The average Bonchev–Trinajstić information content (AvgIpc) is 2.53. The molecule has 0 amide bonds. The molecule has 3 heteroatoms. The molecule has 1 N–H and O–H groups in total. The number of hydrogen-bond donors (Lipinski definition) is 1. The van der Waals surface area contributed by atoms with Crippen molar-refractivity contribution in [3.63, 3.8) is 0 Å². The molecule has 1 atom stereocenters. The van der Waals surface area contributed by atoms with E-state index in [0.717, 1.165) is 16.9 Å². The molecule has 3 nitrogen and oxygen atoms in total. The van der Waals surface area contributed by atoms with Gasteiger partial charge in [-0.3, -0.25) is 0 Å². The Kier molecular flexibility index (Phi) is 4.39. The van der Waals surface area contributed by atoms with Gasteiger partial charge in [-0.1, -0.05) is 25.1 Å². The zero-order valence-electron chi connectivity index (χ0n) is 11.7. The van der Waals surface area contributed by atoms with Crippen LogP contribution in [0.5, 0.6) is 0 Å². The van der Waals surface area contributed by atoms with E-state index in [1.807, 2.05) is 61.3 Å². The molecule has 2 aromatic rings. The van der Waals surface area contributed by atoms with E-state index in [1.54, 1.807) is 6.07 Å². The molecule has 0 aliphatic rings. The molecule has 20 heavy (non-hydrogen) atoms. The molecule has 102 valence electrons. The lowest BCUT2D eigenvalue weighted by atomic mass is 10.1. The number of nitriles is 1. The minimum Gasteiger partial charge on any atom is -0.388 e. The molecular weight excluding hydrogens is 248 g/mol. The van der Waals surface area contributed by atoms with Crippen LogP contribution in [-0.2, 0) is 0 Å². The molecular formula is C17H18N2O. The average molecular weight is 266 g/mol. The maximum atomic E-state index is 9.79. The van der Waals surface area contributed by atoms with E-state index in [9.17, 15) is 5.11 Å². The molecule has 0 saturated heterocycles. The SMILES string of the molecule is CC[C@H](O)c1ccc(N(C)c2cccc(C#N)c2)cc1. The third-order valence-electron chi connectivity index (χ3n) is 3.41. The van der Waals surface area contributed by atoms with E-state index in [2.05, 4.69) is 6.07 Å². The first kappa shape index (κ1) is 14.1. The van der Waals surface area contributed by atoms with Crippen molar-refractivity contribution in [3.05, 3.63) is 59.7 Å². The van der Waals surface area contributed by atoms with Gasteiger partial charge in [0.25, 0.3) is 0 Å². The Labute approximate surface area is 119 Å². The number of anilines is 2. The summed E-state index contributed by atoms with van der Waals surface area (Å²) in [6.45, 7) is 1.96. The first-order valence-electron chi connectivity index (χ1n) is 6.67. The van der Waals surface area contributed by atoms with Gasteiger partial charge in [0.15, 0.2) is 0 Å². The molecule has 0 fully saturated rings. The second-order valence-electron chi connectivity index (χ2n) is 4.74. The second-order valence-corrected chi connectivity index (χ2v) is 4.74. The highest BCUT2D eigenvalue weighted by Crippen LogP contribution is 2.26. The smallest absolute Gasteiger partial charge is 0.0992 e. The molecule has 0 aliphatic heterocycles. The van der Waals surface area contributed by atoms with Gasteiger partial charge in [-0.05, 0) is 42.3 Å². The van der Waals surface area contributed by atoms with Crippen LogP contribution in [0.4, 0.5) is 11.4 Å². The minimum atomic E-state index is -0.406. The Balaban J connectivity index is 2.24. The summed E-state index contributed by atoms with van der Waals surface area (Å²) < 4.78 is 0. The van der Waals surface area contributed by atoms with Crippen molar-refractivity contribution in [2.45, 2.75) is 19.4 Å². The fourth-order valence-corrected chi connectivity index (χ4v) is 2.09. The molecule has 0 heterocycles. The maximum Gasteiger partial charge on any atom is 0.0992 e. The number of nitrogens with zero attached hydrogens (tertiary/aromatic N) is 2. The van der Waals surface area contributed by atoms with Crippen molar-refractivity contribution >= 4 is 11.4 Å². The molecule has 0 unspecified atom stereocenters. The Hall–Kier alpha value is -2.31. The van der Waals surface area contributed by atoms with Crippen molar-refractivity contribution in [1.82, 2.24) is 0 Å². The molecule has 0 spiro atoms. The van der Waals surface area contributed by atoms with Gasteiger partial charge in [0.05, 0.1) is 17.7 Å². The zero-order valence-corrected chi connectivity index (χ0v) is 11.7. The molecule has 0 aromatic heterocycles. The van der Waals surface area contributed by atoms with E-state index in [0.29, 0.717) is 12.0 Å². The molecule has 2 aromatic carbocycles. The van der Waals surface area contributed by atoms with Crippen LogP contribution < -0.4 is 4.90 Å². The van der Waals surface area contributed by atoms with Crippen LogP contribution in [0.25, 0.3) is 0 Å². The van der Waals surface area contributed by atoms with Gasteiger partial charge in [0.2, 0.25) is 0 Å². The number of aliphatic hydroxyl groups is 1. The van der Waals surface area contributed by atoms with E-state index in [-0.39, 0.29) is 0 Å². The van der Waals surface area contributed by atoms with Crippen LogP contribution >= 0.6 is 0 Å². The third kappa shape index (κ3) is 2.98. The summed E-state index contributed by atoms with van der Waals surface area (Å²) in [5.74, 6) is 0. The topological polar surface area (TPSA) is 47.3 Å². The summed E-state index contributed by atoms with van der Waals surface area (Å²) in [6, 6.07) is 17.5. The Morgan fingerprint density at radius 1 is 1.15 bits per heavy atom. The Morgan fingerprint density at radius 2 is 1.85 bits per heavy atom. The standard InChI is InChI=1S/C17H18N2O/c1-3-17(20)14-7-9-15(10-8-14)19(2)16-6-4-5-13(11-16)12-18/h4-11,17,20H,3H2,1-2H3/t17-/m0/s1. The van der Waals surface area contributed by atoms with Crippen molar-refractivity contribution in [1.29, 1.82) is 5.26 Å². The van der Waals surface area contributed by atoms with Crippen LogP contribution in [-0.4, -0.2) is 12.2 Å². The van der Waals surface area contributed by atoms with Crippen molar-refractivity contribution in [2.24, 2.45) is 0 Å². The fourth-order valence-electron chi connectivity index (χ4n) is 2.09. The van der Waals surface area contributed by atoms with Crippen LogP contribution in [0.2, 0.25) is 0 Å². The number of benzene rings is 2. The van der Waals surface area contributed by atoms with Crippen LogP contribution in [0.1, 0.15) is 30.6 Å². The lowest BCUT2D eigenvalue weighted by molar-refractivity contribution is 0.173. The summed E-state index contributed by atoms with van der Waals surface area (Å²) in [7, 11) is 1.96. The molecule has 2 rings (SSSR count). The number of aliphatic hydroxyl groups excluding tert-OH is 1. The second kappa shape index (κ2) is 6.23. The Morgan fingerprint density at radius 3 is 2.45 bits per heavy atom. The van der Waals surface area contributed by atoms with Crippen LogP contribution in [0, 0.1) is 11.3 Å². The monoisotopic (exact) mass is 266 g/mol. The summed E-state index contributed by atoms with van der Waals surface area (Å²) in [5, 5.41) is 18.7. The lowest BCUT2D eigenvalue weighted by Gasteiger charge is -2.20. The summed E-state index contributed by atoms with van der Waals surface area (Å²) in [4.78, 5) is 2.02. The number of rotatable bonds is 4. The highest BCUT2D eigenvalue weighted by Gasteiger charge is 2.07. The van der Waals surface area contributed by atoms with E-state index < -0.39 is 6.10 Å². The zero-order chi connectivity index (χ0) is 14.5. The molecule has 0 aliphatic carbocycles. The van der Waals surface area contributed by atoms with Gasteiger partial charge in [0, 0.05) is 18.4 Å². The minimum absolute atomic E-state index is 0.406. The first-order valence-corrected chi connectivity index (χ1v) is 6.67. The molecule has 0 bridgehead atoms. The van der Waals surface area contributed by atoms with E-state index >= 15 is 0 Å². The summed E-state index contributed by atoms with van der Waals surface area (Å²) in [5.41, 5.74) is 3.56. The Bertz CT molecular complexity index is 614. The summed E-state index contributed by atoms with van der Waals surface area (Å²) >= 11 is 0. The van der Waals surface area contributed by atoms with Gasteiger partial charge < -0.3 is 10.0 Å². The third-order valence-corrected chi connectivity index (χ3v) is 3.41. The summed E-state index contributed by atoms with van der Waals surface area (Å²) in [6.07, 6.45) is 0.302. The van der Waals surface area contributed by atoms with E-state index in [4.69, 9.17) is 5.26 Å².